The van der Waals surface area contributed by atoms with Crippen molar-refractivity contribution in [2.45, 2.75) is 6.92 Å². The van der Waals surface area contributed by atoms with E-state index in [0.717, 1.165) is 18.8 Å². The van der Waals surface area contributed by atoms with Crippen molar-refractivity contribution in [3.63, 3.8) is 0 Å². The van der Waals surface area contributed by atoms with Crippen LogP contribution in [-0.2, 0) is 0 Å². The van der Waals surface area contributed by atoms with Crippen LogP contribution in [0.25, 0.3) is 5.69 Å². The van der Waals surface area contributed by atoms with Gasteiger partial charge in [-0.2, -0.15) is 0 Å². The third-order valence-electron chi connectivity index (χ3n) is 3.82. The average Bonchev–Trinajstić information content (AvgIpc) is 2.90. The maximum atomic E-state index is 12.5. The lowest BCUT2D eigenvalue weighted by Crippen LogP contribution is -2.47. The summed E-state index contributed by atoms with van der Waals surface area (Å²) in [5.74, 6) is 0.820. The molecule has 1 aliphatic rings. The van der Waals surface area contributed by atoms with Gasteiger partial charge in [-0.1, -0.05) is 11.6 Å². The third kappa shape index (κ3) is 2.98. The first-order valence-corrected chi connectivity index (χ1v) is 7.60. The fourth-order valence-corrected chi connectivity index (χ4v) is 2.58. The zero-order valence-corrected chi connectivity index (χ0v) is 13.4. The number of rotatable bonds is 2. The number of aromatic nitrogens is 3. The minimum Gasteiger partial charge on any atom is -0.333 e. The van der Waals surface area contributed by atoms with Gasteiger partial charge in [-0.15, -0.1) is 5.10 Å². The van der Waals surface area contributed by atoms with Crippen LogP contribution < -0.4 is 0 Å². The average molecular weight is 320 g/mol. The van der Waals surface area contributed by atoms with Gasteiger partial charge in [0.05, 0.1) is 5.69 Å². The number of hydrogen-bond acceptors (Lipinski definition) is 4. The van der Waals surface area contributed by atoms with Crippen molar-refractivity contribution in [1.29, 1.82) is 0 Å². The molecule has 1 amide bonds. The Morgan fingerprint density at radius 3 is 2.41 bits per heavy atom. The second kappa shape index (κ2) is 6.06. The molecule has 0 unspecified atom stereocenters. The van der Waals surface area contributed by atoms with Gasteiger partial charge in [0.15, 0.2) is 0 Å². The van der Waals surface area contributed by atoms with Gasteiger partial charge >= 0.3 is 0 Å². The van der Waals surface area contributed by atoms with Crippen LogP contribution in [0.2, 0.25) is 5.02 Å². The van der Waals surface area contributed by atoms with Crippen molar-refractivity contribution in [1.82, 2.24) is 24.6 Å². The van der Waals surface area contributed by atoms with E-state index in [4.69, 9.17) is 11.6 Å². The Kier molecular flexibility index (Phi) is 4.13. The van der Waals surface area contributed by atoms with Crippen LogP contribution in [0.15, 0.2) is 24.3 Å². The smallest absolute Gasteiger partial charge is 0.293 e. The quantitative estimate of drug-likeness (QED) is 0.844. The van der Waals surface area contributed by atoms with E-state index in [9.17, 15) is 4.79 Å². The summed E-state index contributed by atoms with van der Waals surface area (Å²) in [6.07, 6.45) is 0. The van der Waals surface area contributed by atoms with Crippen LogP contribution in [0.5, 0.6) is 0 Å². The lowest BCUT2D eigenvalue weighted by molar-refractivity contribution is 0.0652. The van der Waals surface area contributed by atoms with Gasteiger partial charge < -0.3 is 9.80 Å². The monoisotopic (exact) mass is 319 g/mol. The topological polar surface area (TPSA) is 54.3 Å². The molecule has 3 rings (SSSR count). The molecule has 0 N–H and O–H groups in total. The second-order valence-electron chi connectivity index (χ2n) is 5.47. The Bertz CT molecular complexity index is 674. The molecule has 2 aromatic rings. The highest BCUT2D eigenvalue weighted by atomic mass is 35.5. The highest BCUT2D eigenvalue weighted by Gasteiger charge is 2.24. The van der Waals surface area contributed by atoms with Gasteiger partial charge in [-0.3, -0.25) is 4.79 Å². The van der Waals surface area contributed by atoms with E-state index in [1.54, 1.807) is 21.7 Å². The molecule has 0 radical (unpaired) electrons. The van der Waals surface area contributed by atoms with Crippen LogP contribution in [-0.4, -0.2) is 63.7 Å². The van der Waals surface area contributed by atoms with Crippen molar-refractivity contribution >= 4 is 17.5 Å². The van der Waals surface area contributed by atoms with Crippen LogP contribution in [0.4, 0.5) is 0 Å². The van der Waals surface area contributed by atoms with Gasteiger partial charge in [0.1, 0.15) is 5.82 Å². The minimum absolute atomic E-state index is 0.107. The van der Waals surface area contributed by atoms with E-state index >= 15 is 0 Å². The van der Waals surface area contributed by atoms with E-state index in [2.05, 4.69) is 22.0 Å². The first-order valence-electron chi connectivity index (χ1n) is 7.22. The van der Waals surface area contributed by atoms with E-state index in [1.165, 1.54) is 0 Å². The van der Waals surface area contributed by atoms with Crippen molar-refractivity contribution in [3.05, 3.63) is 40.9 Å². The van der Waals surface area contributed by atoms with Gasteiger partial charge in [-0.25, -0.2) is 9.67 Å². The number of amides is 1. The molecule has 1 aromatic heterocycles. The summed E-state index contributed by atoms with van der Waals surface area (Å²) in [6.45, 7) is 5.02. The largest absolute Gasteiger partial charge is 0.333 e. The summed E-state index contributed by atoms with van der Waals surface area (Å²) in [7, 11) is 2.06. The summed E-state index contributed by atoms with van der Waals surface area (Å²) in [5.41, 5.74) is 0.840. The number of carbonyl (C=O) groups is 1. The van der Waals surface area contributed by atoms with Gasteiger partial charge in [0, 0.05) is 31.2 Å². The first-order chi connectivity index (χ1) is 10.5. The molecule has 0 atom stereocenters. The maximum Gasteiger partial charge on any atom is 0.293 e. The van der Waals surface area contributed by atoms with E-state index in [1.807, 2.05) is 19.1 Å². The lowest BCUT2D eigenvalue weighted by atomic mass is 10.3. The Morgan fingerprint density at radius 1 is 1.14 bits per heavy atom. The van der Waals surface area contributed by atoms with Crippen molar-refractivity contribution in [2.24, 2.45) is 0 Å². The van der Waals surface area contributed by atoms with Crippen molar-refractivity contribution in [3.8, 4) is 5.69 Å². The van der Waals surface area contributed by atoms with E-state index in [-0.39, 0.29) is 11.7 Å². The summed E-state index contributed by atoms with van der Waals surface area (Å²) >= 11 is 5.90. The van der Waals surface area contributed by atoms with Gasteiger partial charge in [0.2, 0.25) is 5.82 Å². The van der Waals surface area contributed by atoms with Gasteiger partial charge in [0.25, 0.3) is 5.91 Å². The predicted molar refractivity (Wildman–Crippen MR) is 84.5 cm³/mol. The van der Waals surface area contributed by atoms with Crippen molar-refractivity contribution < 1.29 is 4.79 Å². The molecule has 1 aliphatic heterocycles. The lowest BCUT2D eigenvalue weighted by Gasteiger charge is -2.31. The molecule has 7 heteroatoms. The Hall–Kier alpha value is -1.92. The molecule has 22 heavy (non-hydrogen) atoms. The molecule has 0 saturated carbocycles. The molecular weight excluding hydrogens is 302 g/mol. The molecule has 1 saturated heterocycles. The highest BCUT2D eigenvalue weighted by Crippen LogP contribution is 2.15. The number of hydrogen-bond donors (Lipinski definition) is 0. The standard InChI is InChI=1S/C15H18ClN5O/c1-11-17-14(15(22)20-9-7-19(2)8-10-20)18-21(11)13-5-3-12(16)4-6-13/h3-6H,7-10H2,1-2H3. The molecule has 1 fully saturated rings. The summed E-state index contributed by atoms with van der Waals surface area (Å²) < 4.78 is 1.67. The Labute approximate surface area is 134 Å². The molecule has 116 valence electrons. The fraction of sp³-hybridized carbons (Fsp3) is 0.400. The third-order valence-corrected chi connectivity index (χ3v) is 4.07. The number of aryl methyl sites for hydroxylation is 1. The maximum absolute atomic E-state index is 12.5. The van der Waals surface area contributed by atoms with Gasteiger partial charge in [-0.05, 0) is 38.2 Å². The number of carbonyl (C=O) groups excluding carboxylic acids is 1. The van der Waals surface area contributed by atoms with Crippen molar-refractivity contribution in [2.75, 3.05) is 33.2 Å². The minimum atomic E-state index is -0.107. The first kappa shape index (κ1) is 15.0. The summed E-state index contributed by atoms with van der Waals surface area (Å²) in [6, 6.07) is 7.29. The number of halogens is 1. The number of benzene rings is 1. The molecule has 1 aromatic carbocycles. The molecular formula is C15H18ClN5O. The molecule has 2 heterocycles. The fourth-order valence-electron chi connectivity index (χ4n) is 2.46. The SMILES string of the molecule is Cc1nc(C(=O)N2CCN(C)CC2)nn1-c1ccc(Cl)cc1. The zero-order valence-electron chi connectivity index (χ0n) is 12.7. The normalized spacial score (nSPS) is 16.0. The summed E-state index contributed by atoms with van der Waals surface area (Å²) in [5, 5.41) is 5.02. The predicted octanol–water partition coefficient (Wildman–Crippen LogP) is 1.62. The van der Waals surface area contributed by atoms with Crippen LogP contribution in [0.3, 0.4) is 0 Å². The summed E-state index contributed by atoms with van der Waals surface area (Å²) in [4.78, 5) is 20.8. The number of piperazine rings is 1. The highest BCUT2D eigenvalue weighted by molar-refractivity contribution is 6.30. The van der Waals surface area contributed by atoms with Crippen LogP contribution >= 0.6 is 11.6 Å². The number of nitrogens with zero attached hydrogens (tertiary/aromatic N) is 5. The number of likely N-dealkylation sites (N-methyl/N-ethyl adjacent to an activating group) is 1. The Balaban J connectivity index is 1.82. The van der Waals surface area contributed by atoms with E-state index in [0.29, 0.717) is 23.9 Å². The van der Waals surface area contributed by atoms with E-state index < -0.39 is 0 Å². The molecule has 0 aliphatic carbocycles. The molecule has 6 nitrogen and oxygen atoms in total. The van der Waals surface area contributed by atoms with Crippen LogP contribution in [0.1, 0.15) is 16.4 Å². The zero-order chi connectivity index (χ0) is 15.7. The Morgan fingerprint density at radius 2 is 1.77 bits per heavy atom. The molecule has 0 spiro atoms. The molecule has 0 bridgehead atoms. The van der Waals surface area contributed by atoms with Crippen LogP contribution in [0, 0.1) is 6.92 Å². The second-order valence-corrected chi connectivity index (χ2v) is 5.90.